The molecule has 0 saturated carbocycles. The van der Waals surface area contributed by atoms with Crippen molar-refractivity contribution in [3.05, 3.63) is 24.3 Å². The molecule has 2 unspecified atom stereocenters. The third kappa shape index (κ3) is 24.8. The Labute approximate surface area is 322 Å². The van der Waals surface area contributed by atoms with Gasteiger partial charge in [-0.2, -0.15) is 0 Å². The first-order valence-corrected chi connectivity index (χ1v) is 22.9. The summed E-state index contributed by atoms with van der Waals surface area (Å²) in [4.78, 5) is 47.4. The van der Waals surface area contributed by atoms with Gasteiger partial charge in [-0.05, 0) is 64.2 Å². The molecule has 0 bridgehead atoms. The third-order valence-corrected chi connectivity index (χ3v) is 11.1. The van der Waals surface area contributed by atoms with Crippen LogP contribution in [0.4, 0.5) is 0 Å². The lowest BCUT2D eigenvalue weighted by molar-refractivity contribution is -0.190. The summed E-state index contributed by atoms with van der Waals surface area (Å²) in [6.45, 7) is 2.24. The molecular formula is C42H79O10P. The summed E-state index contributed by atoms with van der Waals surface area (Å²) in [7, 11) is -5.34. The van der Waals surface area contributed by atoms with Gasteiger partial charge >= 0.3 is 7.60 Å². The molecule has 0 radical (unpaired) electrons. The van der Waals surface area contributed by atoms with Gasteiger partial charge in [0.25, 0.3) is 0 Å². The molecule has 53 heavy (non-hydrogen) atoms. The van der Waals surface area contributed by atoms with Crippen molar-refractivity contribution in [1.82, 2.24) is 0 Å². The Bertz CT molecular complexity index is 942. The highest BCUT2D eigenvalue weighted by atomic mass is 31.2. The predicted molar refractivity (Wildman–Crippen MR) is 215 cm³/mol. The maximum absolute atomic E-state index is 13.7. The number of allylic oxidation sites excluding steroid dienone is 4. The number of hydrogen-bond acceptors (Lipinski definition) is 8. The maximum Gasteiger partial charge on any atom is 0.356 e. The van der Waals surface area contributed by atoms with Gasteiger partial charge < -0.3 is 34.9 Å². The van der Waals surface area contributed by atoms with Gasteiger partial charge in [0.2, 0.25) is 5.60 Å². The van der Waals surface area contributed by atoms with E-state index < -0.39 is 56.0 Å². The lowest BCUT2D eigenvalue weighted by Crippen LogP contribution is -2.61. The number of unbranched alkanes of at least 4 members (excludes halogenated alkanes) is 22. The minimum atomic E-state index is -5.34. The van der Waals surface area contributed by atoms with Gasteiger partial charge in [-0.1, -0.05) is 141 Å². The summed E-state index contributed by atoms with van der Waals surface area (Å²) in [6, 6.07) is 0. The number of hydrogen-bond donors (Lipinski definition) is 6. The lowest BCUT2D eigenvalue weighted by atomic mass is 9.82. The Morgan fingerprint density at radius 2 is 0.868 bits per heavy atom. The Morgan fingerprint density at radius 1 is 0.547 bits per heavy atom. The van der Waals surface area contributed by atoms with Gasteiger partial charge in [0.05, 0.1) is 13.2 Å². The standard InChI is InChI=1S/C42H79O10P/c1-3-5-7-9-11-13-15-17-19-21-23-25-27-29-31-33-38(46)42(40(48)36-44,52-41(37(45)35-43)53(49,50)51)39(47)34-32-30-28-26-24-22-20-18-16-14-12-10-8-6-4-2/h17-20,37,40-41,43-45,48H,3-16,21-36H2,1-2H3,(H2,49,50,51)/b19-17-,20-18-/t37?,40-,41?/m0/s1. The Morgan fingerprint density at radius 3 is 1.17 bits per heavy atom. The van der Waals surface area contributed by atoms with Crippen molar-refractivity contribution in [1.29, 1.82) is 0 Å². The van der Waals surface area contributed by atoms with Crippen LogP contribution in [0.25, 0.3) is 0 Å². The van der Waals surface area contributed by atoms with E-state index in [0.717, 1.165) is 64.2 Å². The minimum Gasteiger partial charge on any atom is -0.394 e. The van der Waals surface area contributed by atoms with Gasteiger partial charge in [0.1, 0.15) is 12.2 Å². The molecule has 0 saturated heterocycles. The van der Waals surface area contributed by atoms with Crippen molar-refractivity contribution in [2.24, 2.45) is 0 Å². The molecule has 10 nitrogen and oxygen atoms in total. The van der Waals surface area contributed by atoms with Gasteiger partial charge in [-0.15, -0.1) is 0 Å². The summed E-state index contributed by atoms with van der Waals surface area (Å²) >= 11 is 0. The highest BCUT2D eigenvalue weighted by Gasteiger charge is 2.56. The van der Waals surface area contributed by atoms with E-state index in [4.69, 9.17) is 4.74 Å². The minimum absolute atomic E-state index is 0.226. The molecule has 0 aromatic heterocycles. The van der Waals surface area contributed by atoms with Crippen LogP contribution in [0.2, 0.25) is 0 Å². The largest absolute Gasteiger partial charge is 0.394 e. The SMILES string of the molecule is CCCCCCCC/C=C\CCCCCCCC(=O)C(OC(C(O)CO)P(=O)(O)O)(C(=O)CCCCCCC/C=C\CCCCCCCC)[C@@H](O)CO. The summed E-state index contributed by atoms with van der Waals surface area (Å²) in [5.41, 5.74) is -2.79. The number of ketones is 2. The Hall–Kier alpha value is -1.23. The molecule has 0 amide bonds. The van der Waals surface area contributed by atoms with Crippen LogP contribution in [-0.2, 0) is 18.9 Å². The van der Waals surface area contributed by atoms with Crippen LogP contribution >= 0.6 is 7.60 Å². The second-order valence-corrected chi connectivity index (χ2v) is 16.5. The fourth-order valence-corrected chi connectivity index (χ4v) is 7.45. The second kappa shape index (κ2) is 34.1. The summed E-state index contributed by atoms with van der Waals surface area (Å²) < 4.78 is 17.8. The summed E-state index contributed by atoms with van der Waals surface area (Å²) in [5, 5.41) is 40.5. The zero-order valence-electron chi connectivity index (χ0n) is 33.5. The van der Waals surface area contributed by atoms with Crippen LogP contribution in [0.3, 0.4) is 0 Å². The number of carbonyl (C=O) groups excluding carboxylic acids is 2. The zero-order valence-corrected chi connectivity index (χ0v) is 34.4. The van der Waals surface area contributed by atoms with Gasteiger partial charge in [-0.25, -0.2) is 0 Å². The fourth-order valence-electron chi connectivity index (χ4n) is 6.60. The van der Waals surface area contributed by atoms with E-state index in [9.17, 15) is 44.4 Å². The predicted octanol–water partition coefficient (Wildman–Crippen LogP) is 9.17. The summed E-state index contributed by atoms with van der Waals surface area (Å²) in [5.74, 6) is -4.26. The molecule has 3 atom stereocenters. The van der Waals surface area contributed by atoms with E-state index in [-0.39, 0.29) is 12.8 Å². The molecule has 312 valence electrons. The number of ether oxygens (including phenoxy) is 1. The van der Waals surface area contributed by atoms with Crippen LogP contribution in [0, 0.1) is 0 Å². The first kappa shape index (κ1) is 51.8. The van der Waals surface area contributed by atoms with E-state index in [1.54, 1.807) is 0 Å². The molecule has 0 aliphatic heterocycles. The number of aliphatic hydroxyl groups is 4. The van der Waals surface area contributed by atoms with Crippen LogP contribution in [0.15, 0.2) is 24.3 Å². The first-order chi connectivity index (χ1) is 25.5. The maximum atomic E-state index is 13.7. The highest BCUT2D eigenvalue weighted by molar-refractivity contribution is 7.52. The first-order valence-electron chi connectivity index (χ1n) is 21.2. The molecule has 0 heterocycles. The molecule has 0 fully saturated rings. The van der Waals surface area contributed by atoms with Crippen molar-refractivity contribution in [2.75, 3.05) is 13.2 Å². The molecular weight excluding hydrogens is 695 g/mol. The number of aliphatic hydroxyl groups excluding tert-OH is 4. The van der Waals surface area contributed by atoms with E-state index in [2.05, 4.69) is 38.2 Å². The van der Waals surface area contributed by atoms with Crippen molar-refractivity contribution in [2.45, 2.75) is 217 Å². The Kier molecular flexibility index (Phi) is 33.3. The van der Waals surface area contributed by atoms with Crippen molar-refractivity contribution in [3.8, 4) is 0 Å². The van der Waals surface area contributed by atoms with Crippen LogP contribution in [0.1, 0.15) is 194 Å². The molecule has 11 heteroatoms. The molecule has 0 rings (SSSR count). The van der Waals surface area contributed by atoms with Gasteiger partial charge in [0.15, 0.2) is 17.4 Å². The molecule has 0 aliphatic carbocycles. The normalized spacial score (nSPS) is 14.3. The van der Waals surface area contributed by atoms with Crippen LogP contribution < -0.4 is 0 Å². The number of rotatable bonds is 39. The monoisotopic (exact) mass is 775 g/mol. The lowest BCUT2D eigenvalue weighted by Gasteiger charge is -2.38. The van der Waals surface area contributed by atoms with E-state index in [1.807, 2.05) is 0 Å². The molecule has 6 N–H and O–H groups in total. The van der Waals surface area contributed by atoms with Gasteiger partial charge in [0, 0.05) is 12.8 Å². The zero-order chi connectivity index (χ0) is 39.6. The fraction of sp³-hybridized carbons (Fsp3) is 0.857. The van der Waals surface area contributed by atoms with E-state index >= 15 is 0 Å². The molecule has 0 spiro atoms. The van der Waals surface area contributed by atoms with Crippen LogP contribution in [0.5, 0.6) is 0 Å². The van der Waals surface area contributed by atoms with E-state index in [0.29, 0.717) is 25.7 Å². The topological polar surface area (TPSA) is 182 Å². The highest BCUT2D eigenvalue weighted by Crippen LogP contribution is 2.46. The molecule has 0 aromatic rings. The average Bonchev–Trinajstić information content (AvgIpc) is 3.14. The van der Waals surface area contributed by atoms with Crippen molar-refractivity contribution >= 4 is 19.2 Å². The van der Waals surface area contributed by atoms with Crippen molar-refractivity contribution in [3.63, 3.8) is 0 Å². The third-order valence-electron chi connectivity index (χ3n) is 9.96. The van der Waals surface area contributed by atoms with Gasteiger partial charge in [-0.3, -0.25) is 14.2 Å². The number of Topliss-reactive ketones (excluding diaryl/α,β-unsaturated/α-hetero) is 2. The Balaban J connectivity index is 5.06. The smallest absolute Gasteiger partial charge is 0.356 e. The van der Waals surface area contributed by atoms with Crippen molar-refractivity contribution < 1.29 is 49.1 Å². The second-order valence-electron chi connectivity index (χ2n) is 14.8. The molecule has 0 aromatic carbocycles. The molecule has 0 aliphatic rings. The average molecular weight is 775 g/mol. The van der Waals surface area contributed by atoms with Crippen LogP contribution in [-0.4, -0.2) is 78.6 Å². The quantitative estimate of drug-likeness (QED) is 0.0152. The number of carbonyl (C=O) groups is 2. The van der Waals surface area contributed by atoms with E-state index in [1.165, 1.54) is 77.0 Å². The summed E-state index contributed by atoms with van der Waals surface area (Å²) in [6.07, 6.45) is 31.4.